The van der Waals surface area contributed by atoms with Crippen LogP contribution >= 0.6 is 23.2 Å². The summed E-state index contributed by atoms with van der Waals surface area (Å²) in [5.41, 5.74) is 1.25. The van der Waals surface area contributed by atoms with E-state index < -0.39 is 5.97 Å². The van der Waals surface area contributed by atoms with Crippen LogP contribution in [-0.4, -0.2) is 23.3 Å². The van der Waals surface area contributed by atoms with E-state index in [0.29, 0.717) is 15.7 Å². The Morgan fingerprint density at radius 3 is 2.50 bits per heavy atom. The van der Waals surface area contributed by atoms with Crippen molar-refractivity contribution in [1.82, 2.24) is 4.98 Å². The molecular formula is C16H13Cl2NO3. The van der Waals surface area contributed by atoms with Gasteiger partial charge in [-0.2, -0.15) is 0 Å². The van der Waals surface area contributed by atoms with Crippen LogP contribution in [0.3, 0.4) is 0 Å². The number of aromatic nitrogens is 1. The van der Waals surface area contributed by atoms with E-state index in [2.05, 4.69) is 4.98 Å². The van der Waals surface area contributed by atoms with Crippen molar-refractivity contribution in [2.75, 3.05) is 6.61 Å². The third kappa shape index (κ3) is 5.13. The minimum atomic E-state index is -0.449. The topological polar surface area (TPSA) is 56.3 Å². The van der Waals surface area contributed by atoms with Gasteiger partial charge in [0.2, 0.25) is 0 Å². The van der Waals surface area contributed by atoms with Gasteiger partial charge in [0.15, 0.2) is 5.78 Å². The Morgan fingerprint density at radius 1 is 1.09 bits per heavy atom. The normalized spacial score (nSPS) is 10.3. The van der Waals surface area contributed by atoms with Gasteiger partial charge in [-0.15, -0.1) is 0 Å². The van der Waals surface area contributed by atoms with Gasteiger partial charge in [0.25, 0.3) is 0 Å². The highest BCUT2D eigenvalue weighted by Crippen LogP contribution is 2.18. The molecule has 0 amide bonds. The molecule has 0 atom stereocenters. The average molecular weight is 338 g/mol. The second kappa shape index (κ2) is 7.92. The third-order valence-corrected chi connectivity index (χ3v) is 3.37. The summed E-state index contributed by atoms with van der Waals surface area (Å²) in [5.74, 6) is -0.729. The predicted octanol–water partition coefficient (Wildman–Crippen LogP) is 3.29. The Bertz CT molecular complexity index is 674. The molecule has 6 heteroatoms. The number of rotatable bonds is 6. The number of pyridine rings is 1. The van der Waals surface area contributed by atoms with Crippen molar-refractivity contribution in [1.29, 1.82) is 0 Å². The molecule has 0 radical (unpaired) electrons. The number of hydrogen-bond acceptors (Lipinski definition) is 4. The minimum absolute atomic E-state index is 0.00534. The highest BCUT2D eigenvalue weighted by Gasteiger charge is 2.12. The first-order valence-electron chi connectivity index (χ1n) is 6.56. The lowest BCUT2D eigenvalue weighted by Gasteiger charge is -2.05. The third-order valence-electron chi connectivity index (χ3n) is 2.83. The monoisotopic (exact) mass is 337 g/mol. The molecule has 1 heterocycles. The first-order valence-corrected chi connectivity index (χ1v) is 7.31. The number of halogens is 2. The van der Waals surface area contributed by atoms with Crippen LogP contribution in [-0.2, 0) is 27.2 Å². The molecule has 0 spiro atoms. The second-order valence-electron chi connectivity index (χ2n) is 4.62. The average Bonchev–Trinajstić information content (AvgIpc) is 2.49. The first kappa shape index (κ1) is 16.5. The molecule has 4 nitrogen and oxygen atoms in total. The van der Waals surface area contributed by atoms with Crippen molar-refractivity contribution in [3.63, 3.8) is 0 Å². The molecule has 0 aliphatic heterocycles. The molecule has 0 aliphatic rings. The van der Waals surface area contributed by atoms with E-state index in [-0.39, 0.29) is 25.2 Å². The zero-order valence-corrected chi connectivity index (χ0v) is 13.1. The number of esters is 1. The molecule has 0 unspecified atom stereocenters. The van der Waals surface area contributed by atoms with Gasteiger partial charge < -0.3 is 4.74 Å². The molecule has 0 saturated carbocycles. The molecular weight excluding hydrogens is 325 g/mol. The summed E-state index contributed by atoms with van der Waals surface area (Å²) in [6.45, 7) is -0.299. The molecule has 0 saturated heterocycles. The molecule has 2 rings (SSSR count). The first-order chi connectivity index (χ1) is 10.5. The maximum Gasteiger partial charge on any atom is 0.310 e. The quantitative estimate of drug-likeness (QED) is 0.759. The van der Waals surface area contributed by atoms with E-state index in [0.717, 1.165) is 5.56 Å². The van der Waals surface area contributed by atoms with Crippen LogP contribution in [0.1, 0.15) is 11.3 Å². The molecule has 0 fully saturated rings. The van der Waals surface area contributed by atoms with Gasteiger partial charge in [-0.05, 0) is 11.6 Å². The highest BCUT2D eigenvalue weighted by atomic mass is 35.5. The molecule has 1 aromatic heterocycles. The number of benzene rings is 1. The number of Topliss-reactive ketones (excluding diaryl/α,β-unsaturated/α-hetero) is 1. The Kier molecular flexibility index (Phi) is 5.92. The maximum absolute atomic E-state index is 11.8. The van der Waals surface area contributed by atoms with Crippen LogP contribution in [0, 0.1) is 0 Å². The Balaban J connectivity index is 1.81. The molecule has 0 N–H and O–H groups in total. The number of ether oxygens (including phenoxy) is 1. The van der Waals surface area contributed by atoms with E-state index in [1.807, 2.05) is 30.3 Å². The Labute approximate surface area is 138 Å². The molecule has 2 aromatic rings. The van der Waals surface area contributed by atoms with Crippen LogP contribution in [0.15, 0.2) is 42.6 Å². The summed E-state index contributed by atoms with van der Waals surface area (Å²) in [7, 11) is 0. The van der Waals surface area contributed by atoms with Crippen LogP contribution in [0.25, 0.3) is 0 Å². The fraction of sp³-hybridized carbons (Fsp3) is 0.188. The van der Waals surface area contributed by atoms with E-state index in [1.165, 1.54) is 12.3 Å². The summed E-state index contributed by atoms with van der Waals surface area (Å²) in [4.78, 5) is 27.4. The molecule has 0 bridgehead atoms. The smallest absolute Gasteiger partial charge is 0.310 e. The highest BCUT2D eigenvalue weighted by molar-refractivity contribution is 6.34. The van der Waals surface area contributed by atoms with Crippen molar-refractivity contribution in [2.45, 2.75) is 12.8 Å². The number of hydrogen-bond donors (Lipinski definition) is 0. The van der Waals surface area contributed by atoms with Crippen molar-refractivity contribution in [3.05, 3.63) is 63.9 Å². The van der Waals surface area contributed by atoms with Crippen molar-refractivity contribution < 1.29 is 14.3 Å². The lowest BCUT2D eigenvalue weighted by Crippen LogP contribution is -2.17. The number of ketones is 1. The Hall–Kier alpha value is -1.91. The fourth-order valence-electron chi connectivity index (χ4n) is 1.79. The summed E-state index contributed by atoms with van der Waals surface area (Å²) in [5, 5.41) is 0.715. The van der Waals surface area contributed by atoms with Crippen LogP contribution in [0.2, 0.25) is 10.0 Å². The molecule has 1 aromatic carbocycles. The van der Waals surface area contributed by atoms with Gasteiger partial charge in [-0.1, -0.05) is 53.5 Å². The summed E-state index contributed by atoms with van der Waals surface area (Å²) < 4.78 is 4.96. The molecule has 22 heavy (non-hydrogen) atoms. The summed E-state index contributed by atoms with van der Waals surface area (Å²) in [6.07, 6.45) is 1.54. The minimum Gasteiger partial charge on any atom is -0.457 e. The number of carbonyl (C=O) groups is 2. The second-order valence-corrected chi connectivity index (χ2v) is 5.46. The molecule has 0 aliphatic carbocycles. The van der Waals surface area contributed by atoms with Gasteiger partial charge >= 0.3 is 5.97 Å². The zero-order chi connectivity index (χ0) is 15.9. The van der Waals surface area contributed by atoms with Gasteiger partial charge in [0.1, 0.15) is 6.61 Å². The Morgan fingerprint density at radius 2 is 1.82 bits per heavy atom. The van der Waals surface area contributed by atoms with Gasteiger partial charge in [0.05, 0.1) is 28.6 Å². The zero-order valence-electron chi connectivity index (χ0n) is 11.6. The molecule has 114 valence electrons. The van der Waals surface area contributed by atoms with E-state index in [1.54, 1.807) is 0 Å². The van der Waals surface area contributed by atoms with E-state index in [9.17, 15) is 9.59 Å². The van der Waals surface area contributed by atoms with E-state index >= 15 is 0 Å². The van der Waals surface area contributed by atoms with Gasteiger partial charge in [-0.25, -0.2) is 0 Å². The lowest BCUT2D eigenvalue weighted by atomic mass is 10.1. The summed E-state index contributed by atoms with van der Waals surface area (Å²) in [6, 6.07) is 10.7. The predicted molar refractivity (Wildman–Crippen MR) is 84.1 cm³/mol. The van der Waals surface area contributed by atoms with Gasteiger partial charge in [-0.3, -0.25) is 14.6 Å². The van der Waals surface area contributed by atoms with Gasteiger partial charge in [0, 0.05) is 6.20 Å². The maximum atomic E-state index is 11.8. The van der Waals surface area contributed by atoms with Crippen molar-refractivity contribution in [2.24, 2.45) is 0 Å². The van der Waals surface area contributed by atoms with Crippen LogP contribution in [0.4, 0.5) is 0 Å². The van der Waals surface area contributed by atoms with E-state index in [4.69, 9.17) is 27.9 Å². The lowest BCUT2D eigenvalue weighted by molar-refractivity contribution is -0.147. The SMILES string of the molecule is O=C(COC(=O)Cc1ccccc1)Cc1ncc(Cl)cc1Cl. The number of carbonyl (C=O) groups excluding carboxylic acids is 2. The fourth-order valence-corrected chi connectivity index (χ4v) is 2.23. The standard InChI is InChI=1S/C16H13Cl2NO3/c17-12-7-14(18)15(19-9-12)8-13(20)10-22-16(21)6-11-4-2-1-3-5-11/h1-5,7,9H,6,8,10H2. The van der Waals surface area contributed by atoms with Crippen LogP contribution < -0.4 is 0 Å². The van der Waals surface area contributed by atoms with Crippen molar-refractivity contribution in [3.8, 4) is 0 Å². The summed E-state index contributed by atoms with van der Waals surface area (Å²) >= 11 is 11.7. The largest absolute Gasteiger partial charge is 0.457 e. The van der Waals surface area contributed by atoms with Crippen molar-refractivity contribution >= 4 is 35.0 Å². The number of nitrogens with zero attached hydrogens (tertiary/aromatic N) is 1. The van der Waals surface area contributed by atoms with Crippen LogP contribution in [0.5, 0.6) is 0 Å².